The van der Waals surface area contributed by atoms with Crippen molar-refractivity contribution in [3.8, 4) is 11.8 Å². The lowest BCUT2D eigenvalue weighted by atomic mass is 10.2. The lowest BCUT2D eigenvalue weighted by Gasteiger charge is -2.10. The maximum atomic E-state index is 8.85. The highest BCUT2D eigenvalue weighted by atomic mass is 15.1. The largest absolute Gasteiger partial charge is 0.297 e. The molecule has 0 saturated heterocycles. The van der Waals surface area contributed by atoms with E-state index in [2.05, 4.69) is 47.9 Å². The molecule has 0 aliphatic carbocycles. The van der Waals surface area contributed by atoms with E-state index in [1.54, 1.807) is 0 Å². The summed E-state index contributed by atoms with van der Waals surface area (Å²) in [5.74, 6) is 0. The van der Waals surface area contributed by atoms with Gasteiger partial charge in [0.25, 0.3) is 0 Å². The molecule has 0 unspecified atom stereocenters. The fourth-order valence-electron chi connectivity index (χ4n) is 3.14. The van der Waals surface area contributed by atoms with Crippen molar-refractivity contribution in [2.75, 3.05) is 0 Å². The highest BCUT2D eigenvalue weighted by Gasteiger charge is 2.14. The molecule has 0 aliphatic heterocycles. The number of rotatable bonds is 4. The molecule has 0 bridgehead atoms. The first-order chi connectivity index (χ1) is 12.3. The van der Waals surface area contributed by atoms with Crippen LogP contribution in [0.4, 0.5) is 0 Å². The molecule has 0 fully saturated rings. The van der Waals surface area contributed by atoms with Gasteiger partial charge in [-0.05, 0) is 50.1 Å². The van der Waals surface area contributed by atoms with Gasteiger partial charge in [-0.2, -0.15) is 5.26 Å². The van der Waals surface area contributed by atoms with Gasteiger partial charge in [0.2, 0.25) is 0 Å². The van der Waals surface area contributed by atoms with Crippen LogP contribution in [0, 0.1) is 18.3 Å². The standard InChI is InChI=1S/C21H18N4/c1-15-9-11-16(12-10-15)25-17(6-4-5-13-22)14-20-21(25)24-19-8-3-2-7-18(19)23-20/h2-3,7-12,14H,4-6H2,1H3. The van der Waals surface area contributed by atoms with Crippen molar-refractivity contribution in [1.29, 1.82) is 5.26 Å². The first kappa shape index (κ1) is 15.3. The predicted molar refractivity (Wildman–Crippen MR) is 99.7 cm³/mol. The lowest BCUT2D eigenvalue weighted by Crippen LogP contribution is -2.01. The van der Waals surface area contributed by atoms with Crippen LogP contribution < -0.4 is 0 Å². The first-order valence-electron chi connectivity index (χ1n) is 8.47. The molecule has 4 heteroatoms. The Hall–Kier alpha value is -3.19. The van der Waals surface area contributed by atoms with E-state index in [1.165, 1.54) is 5.56 Å². The van der Waals surface area contributed by atoms with Gasteiger partial charge in [0.1, 0.15) is 5.52 Å². The number of para-hydroxylation sites is 2. The topological polar surface area (TPSA) is 54.5 Å². The van der Waals surface area contributed by atoms with Crippen LogP contribution in [-0.4, -0.2) is 14.5 Å². The minimum atomic E-state index is 0.554. The predicted octanol–water partition coefficient (Wildman–Crippen LogP) is 4.73. The lowest BCUT2D eigenvalue weighted by molar-refractivity contribution is 0.804. The Bertz CT molecular complexity index is 1080. The normalized spacial score (nSPS) is 11.0. The summed E-state index contributed by atoms with van der Waals surface area (Å²) in [4.78, 5) is 9.64. The zero-order valence-corrected chi connectivity index (χ0v) is 14.1. The van der Waals surface area contributed by atoms with Crippen LogP contribution in [0.3, 0.4) is 0 Å². The molecule has 2 aromatic carbocycles. The third-order valence-electron chi connectivity index (χ3n) is 4.39. The van der Waals surface area contributed by atoms with Gasteiger partial charge in [-0.1, -0.05) is 29.8 Å². The molecule has 25 heavy (non-hydrogen) atoms. The Morgan fingerprint density at radius 2 is 1.68 bits per heavy atom. The molecule has 0 radical (unpaired) electrons. The average Bonchev–Trinajstić information content (AvgIpc) is 2.98. The van der Waals surface area contributed by atoms with E-state index in [0.29, 0.717) is 6.42 Å². The molecule has 2 heterocycles. The molecule has 0 atom stereocenters. The van der Waals surface area contributed by atoms with Crippen LogP contribution in [-0.2, 0) is 6.42 Å². The fourth-order valence-corrected chi connectivity index (χ4v) is 3.14. The maximum Gasteiger partial charge on any atom is 0.164 e. The van der Waals surface area contributed by atoms with Gasteiger partial charge in [-0.3, -0.25) is 4.57 Å². The molecule has 0 saturated carbocycles. The number of fused-ring (bicyclic) bond motifs is 2. The second-order valence-corrected chi connectivity index (χ2v) is 6.24. The Balaban J connectivity index is 1.94. The summed E-state index contributed by atoms with van der Waals surface area (Å²) in [6.45, 7) is 2.08. The number of nitrogens with zero attached hydrogens (tertiary/aromatic N) is 4. The molecule has 0 N–H and O–H groups in total. The second kappa shape index (κ2) is 6.37. The van der Waals surface area contributed by atoms with Gasteiger partial charge in [0.15, 0.2) is 5.65 Å². The summed E-state index contributed by atoms with van der Waals surface area (Å²) in [7, 11) is 0. The number of unbranched alkanes of at least 4 members (excludes halogenated alkanes) is 1. The van der Waals surface area contributed by atoms with Gasteiger partial charge >= 0.3 is 0 Å². The van der Waals surface area contributed by atoms with Gasteiger partial charge in [0.05, 0.1) is 17.1 Å². The number of hydrogen-bond donors (Lipinski definition) is 0. The quantitative estimate of drug-likeness (QED) is 0.509. The van der Waals surface area contributed by atoms with Crippen molar-refractivity contribution < 1.29 is 0 Å². The van der Waals surface area contributed by atoms with E-state index in [1.807, 2.05) is 24.3 Å². The van der Waals surface area contributed by atoms with Crippen LogP contribution in [0.25, 0.3) is 27.9 Å². The van der Waals surface area contributed by atoms with E-state index in [9.17, 15) is 0 Å². The highest BCUT2D eigenvalue weighted by Crippen LogP contribution is 2.25. The van der Waals surface area contributed by atoms with Gasteiger partial charge < -0.3 is 0 Å². The van der Waals surface area contributed by atoms with Gasteiger partial charge in [-0.15, -0.1) is 0 Å². The monoisotopic (exact) mass is 326 g/mol. The molecule has 4 aromatic rings. The fraction of sp³-hybridized carbons (Fsp3) is 0.190. The van der Waals surface area contributed by atoms with E-state index in [0.717, 1.165) is 46.4 Å². The molecule has 0 aliphatic rings. The van der Waals surface area contributed by atoms with Crippen LogP contribution in [0.2, 0.25) is 0 Å². The van der Waals surface area contributed by atoms with Crippen LogP contribution in [0.15, 0.2) is 54.6 Å². The summed E-state index contributed by atoms with van der Waals surface area (Å²) in [5.41, 5.74) is 7.01. The smallest absolute Gasteiger partial charge is 0.164 e. The van der Waals surface area contributed by atoms with Crippen molar-refractivity contribution in [1.82, 2.24) is 14.5 Å². The van der Waals surface area contributed by atoms with Crippen molar-refractivity contribution in [2.45, 2.75) is 26.2 Å². The number of aryl methyl sites for hydroxylation is 2. The van der Waals surface area contributed by atoms with E-state index < -0.39 is 0 Å². The molecule has 122 valence electrons. The van der Waals surface area contributed by atoms with Crippen molar-refractivity contribution in [3.05, 3.63) is 65.9 Å². The van der Waals surface area contributed by atoms with E-state index in [4.69, 9.17) is 15.2 Å². The number of nitriles is 1. The molecule has 4 nitrogen and oxygen atoms in total. The van der Waals surface area contributed by atoms with Crippen LogP contribution in [0.1, 0.15) is 24.1 Å². The zero-order chi connectivity index (χ0) is 17.2. The molecular formula is C21H18N4. The molecule has 0 amide bonds. The Morgan fingerprint density at radius 3 is 2.40 bits per heavy atom. The number of aromatic nitrogens is 3. The highest BCUT2D eigenvalue weighted by molar-refractivity contribution is 5.86. The summed E-state index contributed by atoms with van der Waals surface area (Å²) in [6.07, 6.45) is 2.21. The second-order valence-electron chi connectivity index (χ2n) is 6.24. The molecule has 4 rings (SSSR count). The van der Waals surface area contributed by atoms with Crippen LogP contribution in [0.5, 0.6) is 0 Å². The van der Waals surface area contributed by atoms with Gasteiger partial charge in [-0.25, -0.2) is 9.97 Å². The Kier molecular flexibility index (Phi) is 3.91. The number of benzene rings is 2. The molecule has 0 spiro atoms. The summed E-state index contributed by atoms with van der Waals surface area (Å²) in [5, 5.41) is 8.85. The van der Waals surface area contributed by atoms with Gasteiger partial charge in [0, 0.05) is 17.8 Å². The van der Waals surface area contributed by atoms with Crippen molar-refractivity contribution >= 4 is 22.2 Å². The number of hydrogen-bond acceptors (Lipinski definition) is 3. The Morgan fingerprint density at radius 1 is 0.960 bits per heavy atom. The van der Waals surface area contributed by atoms with Crippen molar-refractivity contribution in [3.63, 3.8) is 0 Å². The average molecular weight is 326 g/mol. The minimum absolute atomic E-state index is 0.554. The van der Waals surface area contributed by atoms with Crippen molar-refractivity contribution in [2.24, 2.45) is 0 Å². The summed E-state index contributed by atoms with van der Waals surface area (Å²) in [6, 6.07) is 20.7. The third kappa shape index (κ3) is 2.85. The zero-order valence-electron chi connectivity index (χ0n) is 14.1. The molecular weight excluding hydrogens is 308 g/mol. The summed E-state index contributed by atoms with van der Waals surface area (Å²) < 4.78 is 2.17. The first-order valence-corrected chi connectivity index (χ1v) is 8.47. The SMILES string of the molecule is Cc1ccc(-n2c(CCCC#N)cc3nc4ccccc4nc32)cc1. The Labute approximate surface area is 146 Å². The summed E-state index contributed by atoms with van der Waals surface area (Å²) >= 11 is 0. The van der Waals surface area contributed by atoms with E-state index >= 15 is 0 Å². The van der Waals surface area contributed by atoms with Crippen LogP contribution >= 0.6 is 0 Å². The van der Waals surface area contributed by atoms with E-state index in [-0.39, 0.29) is 0 Å². The third-order valence-corrected chi connectivity index (χ3v) is 4.39. The molecule has 2 aromatic heterocycles. The maximum absolute atomic E-state index is 8.85. The minimum Gasteiger partial charge on any atom is -0.297 e.